The zero-order chi connectivity index (χ0) is 16.1. The number of halogens is 1. The van der Waals surface area contributed by atoms with Crippen molar-refractivity contribution >= 4 is 12.4 Å². The second-order valence-electron chi connectivity index (χ2n) is 6.13. The summed E-state index contributed by atoms with van der Waals surface area (Å²) in [7, 11) is 0. The fraction of sp³-hybridized carbons (Fsp3) is 0.400. The van der Waals surface area contributed by atoms with E-state index in [0.717, 1.165) is 42.3 Å². The SMILES string of the molecule is CCC(Oc1ccccc1Oc1ccccc1C)C1CCNC1.Cl. The van der Waals surface area contributed by atoms with Crippen LogP contribution in [0, 0.1) is 12.8 Å². The number of para-hydroxylation sites is 3. The standard InChI is InChI=1S/C20H25NO2.ClH/c1-3-17(16-12-13-21-14-16)22-19-10-6-7-11-20(19)23-18-9-5-4-8-15(18)2;/h4-11,16-17,21H,3,12-14H2,1-2H3;1H. The summed E-state index contributed by atoms with van der Waals surface area (Å²) in [5, 5.41) is 3.42. The molecule has 0 saturated carbocycles. The van der Waals surface area contributed by atoms with Gasteiger partial charge in [-0.15, -0.1) is 12.4 Å². The molecule has 24 heavy (non-hydrogen) atoms. The first-order valence-corrected chi connectivity index (χ1v) is 8.48. The largest absolute Gasteiger partial charge is 0.486 e. The molecule has 1 aliphatic rings. The van der Waals surface area contributed by atoms with Crippen LogP contribution in [-0.4, -0.2) is 19.2 Å². The molecule has 2 atom stereocenters. The fourth-order valence-electron chi connectivity index (χ4n) is 3.09. The number of ether oxygens (including phenoxy) is 2. The third kappa shape index (κ3) is 4.43. The highest BCUT2D eigenvalue weighted by Crippen LogP contribution is 2.34. The van der Waals surface area contributed by atoms with Crippen molar-refractivity contribution in [3.05, 3.63) is 54.1 Å². The second-order valence-corrected chi connectivity index (χ2v) is 6.13. The molecular formula is C20H26ClNO2. The average Bonchev–Trinajstić information content (AvgIpc) is 3.10. The Bertz CT molecular complexity index is 641. The molecule has 1 fully saturated rings. The van der Waals surface area contributed by atoms with Gasteiger partial charge in [-0.1, -0.05) is 37.3 Å². The van der Waals surface area contributed by atoms with E-state index in [1.54, 1.807) is 0 Å². The first-order valence-electron chi connectivity index (χ1n) is 8.48. The van der Waals surface area contributed by atoms with Crippen molar-refractivity contribution in [2.24, 2.45) is 5.92 Å². The van der Waals surface area contributed by atoms with Gasteiger partial charge in [-0.05, 0) is 50.1 Å². The molecule has 1 saturated heterocycles. The van der Waals surface area contributed by atoms with Crippen molar-refractivity contribution in [2.75, 3.05) is 13.1 Å². The van der Waals surface area contributed by atoms with Crippen LogP contribution in [-0.2, 0) is 0 Å². The maximum atomic E-state index is 6.33. The number of rotatable bonds is 6. The van der Waals surface area contributed by atoms with E-state index in [0.29, 0.717) is 5.92 Å². The minimum atomic E-state index is 0. The van der Waals surface area contributed by atoms with Crippen LogP contribution in [0.15, 0.2) is 48.5 Å². The molecule has 4 heteroatoms. The Morgan fingerprint density at radius 2 is 1.71 bits per heavy atom. The lowest BCUT2D eigenvalue weighted by molar-refractivity contribution is 0.134. The summed E-state index contributed by atoms with van der Waals surface area (Å²) in [6, 6.07) is 16.0. The van der Waals surface area contributed by atoms with E-state index in [9.17, 15) is 0 Å². The molecule has 130 valence electrons. The Kier molecular flexibility index (Phi) is 6.95. The van der Waals surface area contributed by atoms with Crippen LogP contribution < -0.4 is 14.8 Å². The molecule has 1 heterocycles. The van der Waals surface area contributed by atoms with E-state index in [2.05, 4.69) is 25.2 Å². The Morgan fingerprint density at radius 3 is 2.33 bits per heavy atom. The van der Waals surface area contributed by atoms with E-state index < -0.39 is 0 Å². The van der Waals surface area contributed by atoms with Gasteiger partial charge in [0.25, 0.3) is 0 Å². The average molecular weight is 348 g/mol. The number of benzene rings is 2. The predicted molar refractivity (Wildman–Crippen MR) is 101 cm³/mol. The Hall–Kier alpha value is -1.71. The van der Waals surface area contributed by atoms with E-state index >= 15 is 0 Å². The lowest BCUT2D eigenvalue weighted by Gasteiger charge is -2.24. The highest BCUT2D eigenvalue weighted by molar-refractivity contribution is 5.85. The molecule has 2 aromatic carbocycles. The molecule has 2 aromatic rings. The summed E-state index contributed by atoms with van der Waals surface area (Å²) in [5.41, 5.74) is 1.12. The van der Waals surface area contributed by atoms with Gasteiger partial charge in [0.05, 0.1) is 0 Å². The summed E-state index contributed by atoms with van der Waals surface area (Å²) in [6.45, 7) is 6.37. The maximum absolute atomic E-state index is 6.33. The van der Waals surface area contributed by atoms with Crippen LogP contribution in [0.3, 0.4) is 0 Å². The van der Waals surface area contributed by atoms with Gasteiger partial charge in [-0.3, -0.25) is 0 Å². The van der Waals surface area contributed by atoms with Gasteiger partial charge in [0.15, 0.2) is 11.5 Å². The second kappa shape index (κ2) is 8.95. The van der Waals surface area contributed by atoms with Gasteiger partial charge in [0, 0.05) is 12.5 Å². The normalized spacial score (nSPS) is 17.8. The number of nitrogens with one attached hydrogen (secondary N) is 1. The zero-order valence-electron chi connectivity index (χ0n) is 14.3. The molecule has 1 aliphatic heterocycles. The van der Waals surface area contributed by atoms with Gasteiger partial charge in [-0.25, -0.2) is 0 Å². The lowest BCUT2D eigenvalue weighted by Crippen LogP contribution is -2.28. The molecule has 0 spiro atoms. The van der Waals surface area contributed by atoms with Crippen molar-refractivity contribution in [3.8, 4) is 17.2 Å². The highest BCUT2D eigenvalue weighted by Gasteiger charge is 2.25. The number of aryl methyl sites for hydroxylation is 1. The molecule has 0 aliphatic carbocycles. The molecule has 0 aromatic heterocycles. The van der Waals surface area contributed by atoms with Crippen molar-refractivity contribution in [1.82, 2.24) is 5.32 Å². The Morgan fingerprint density at radius 1 is 1.04 bits per heavy atom. The number of hydrogen-bond donors (Lipinski definition) is 1. The third-order valence-corrected chi connectivity index (χ3v) is 4.47. The molecule has 2 unspecified atom stereocenters. The minimum absolute atomic E-state index is 0. The molecule has 0 amide bonds. The van der Waals surface area contributed by atoms with Crippen LogP contribution >= 0.6 is 12.4 Å². The van der Waals surface area contributed by atoms with Gasteiger partial charge in [0.2, 0.25) is 0 Å². The lowest BCUT2D eigenvalue weighted by atomic mass is 9.99. The molecule has 3 nitrogen and oxygen atoms in total. The van der Waals surface area contributed by atoms with Crippen LogP contribution in [0.2, 0.25) is 0 Å². The molecular weight excluding hydrogens is 322 g/mol. The fourth-order valence-corrected chi connectivity index (χ4v) is 3.09. The highest BCUT2D eigenvalue weighted by atomic mass is 35.5. The van der Waals surface area contributed by atoms with Gasteiger partial charge >= 0.3 is 0 Å². The van der Waals surface area contributed by atoms with Crippen LogP contribution in [0.25, 0.3) is 0 Å². The quantitative estimate of drug-likeness (QED) is 0.799. The first-order chi connectivity index (χ1) is 11.3. The molecule has 0 bridgehead atoms. The van der Waals surface area contributed by atoms with Crippen molar-refractivity contribution in [1.29, 1.82) is 0 Å². The maximum Gasteiger partial charge on any atom is 0.169 e. The first kappa shape index (κ1) is 18.6. The molecule has 1 N–H and O–H groups in total. The smallest absolute Gasteiger partial charge is 0.169 e. The van der Waals surface area contributed by atoms with Crippen LogP contribution in [0.5, 0.6) is 17.2 Å². The van der Waals surface area contributed by atoms with Crippen LogP contribution in [0.1, 0.15) is 25.3 Å². The van der Waals surface area contributed by atoms with E-state index in [4.69, 9.17) is 9.47 Å². The summed E-state index contributed by atoms with van der Waals surface area (Å²) < 4.78 is 12.4. The summed E-state index contributed by atoms with van der Waals surface area (Å²) in [6.07, 6.45) is 2.41. The van der Waals surface area contributed by atoms with E-state index in [1.807, 2.05) is 42.5 Å². The molecule has 3 rings (SSSR count). The minimum Gasteiger partial charge on any atom is -0.486 e. The Balaban J connectivity index is 0.00000208. The predicted octanol–water partition coefficient (Wildman–Crippen LogP) is 4.98. The van der Waals surface area contributed by atoms with Crippen molar-refractivity contribution in [3.63, 3.8) is 0 Å². The monoisotopic (exact) mass is 347 g/mol. The topological polar surface area (TPSA) is 30.5 Å². The summed E-state index contributed by atoms with van der Waals surface area (Å²) in [5.74, 6) is 3.06. The third-order valence-electron chi connectivity index (χ3n) is 4.47. The van der Waals surface area contributed by atoms with Crippen molar-refractivity contribution < 1.29 is 9.47 Å². The van der Waals surface area contributed by atoms with Crippen molar-refractivity contribution in [2.45, 2.75) is 32.8 Å². The number of hydrogen-bond acceptors (Lipinski definition) is 3. The van der Waals surface area contributed by atoms with Crippen LogP contribution in [0.4, 0.5) is 0 Å². The Labute approximate surface area is 150 Å². The molecule has 0 radical (unpaired) electrons. The zero-order valence-corrected chi connectivity index (χ0v) is 15.1. The van der Waals surface area contributed by atoms with Gasteiger partial charge in [0.1, 0.15) is 11.9 Å². The van der Waals surface area contributed by atoms with Gasteiger partial charge < -0.3 is 14.8 Å². The van der Waals surface area contributed by atoms with E-state index in [1.165, 1.54) is 6.42 Å². The summed E-state index contributed by atoms with van der Waals surface area (Å²) >= 11 is 0. The van der Waals surface area contributed by atoms with Gasteiger partial charge in [-0.2, -0.15) is 0 Å². The van der Waals surface area contributed by atoms with E-state index in [-0.39, 0.29) is 18.5 Å². The summed E-state index contributed by atoms with van der Waals surface area (Å²) in [4.78, 5) is 0.